The van der Waals surface area contributed by atoms with Crippen molar-refractivity contribution in [3.63, 3.8) is 0 Å². The zero-order valence-electron chi connectivity index (χ0n) is 17.7. The van der Waals surface area contributed by atoms with Gasteiger partial charge < -0.3 is 18.9 Å². The van der Waals surface area contributed by atoms with Crippen molar-refractivity contribution in [2.24, 2.45) is 0 Å². The average Bonchev–Trinajstić information content (AvgIpc) is 3.35. The highest BCUT2D eigenvalue weighted by molar-refractivity contribution is 5.88. The molecule has 0 bridgehead atoms. The lowest BCUT2D eigenvalue weighted by Gasteiger charge is -2.24. The molecule has 2 heterocycles. The third-order valence-electron chi connectivity index (χ3n) is 5.87. The molecule has 164 valence electrons. The van der Waals surface area contributed by atoms with Crippen LogP contribution >= 0.6 is 0 Å². The highest BCUT2D eigenvalue weighted by atomic mass is 16.6. The SMILES string of the molecule is C=CC(=O)CC[C@H]1C[C@@H]2O[C@H](COCc3ccccc3)[C@@H](OCc3ccccc3)[C@@H]2O1. The van der Waals surface area contributed by atoms with Gasteiger partial charge in [-0.2, -0.15) is 0 Å². The molecule has 0 spiro atoms. The van der Waals surface area contributed by atoms with Gasteiger partial charge in [0.15, 0.2) is 5.78 Å². The molecule has 2 fully saturated rings. The van der Waals surface area contributed by atoms with Crippen LogP contribution in [0.4, 0.5) is 0 Å². The minimum Gasteiger partial charge on any atom is -0.374 e. The number of allylic oxidation sites excluding steroid dienone is 1. The van der Waals surface area contributed by atoms with E-state index >= 15 is 0 Å². The number of fused-ring (bicyclic) bond motifs is 1. The summed E-state index contributed by atoms with van der Waals surface area (Å²) in [6.45, 7) is 5.02. The van der Waals surface area contributed by atoms with Crippen molar-refractivity contribution >= 4 is 5.78 Å². The summed E-state index contributed by atoms with van der Waals surface area (Å²) in [4.78, 5) is 11.6. The van der Waals surface area contributed by atoms with Gasteiger partial charge in [-0.15, -0.1) is 0 Å². The van der Waals surface area contributed by atoms with E-state index in [-0.39, 0.29) is 36.3 Å². The van der Waals surface area contributed by atoms with E-state index < -0.39 is 0 Å². The van der Waals surface area contributed by atoms with E-state index in [9.17, 15) is 4.79 Å². The molecule has 4 rings (SSSR count). The van der Waals surface area contributed by atoms with Gasteiger partial charge in [-0.25, -0.2) is 0 Å². The molecule has 0 unspecified atom stereocenters. The molecule has 0 N–H and O–H groups in total. The number of carbonyl (C=O) groups excluding carboxylic acids is 1. The molecule has 5 nitrogen and oxygen atoms in total. The van der Waals surface area contributed by atoms with Crippen LogP contribution in [0.25, 0.3) is 0 Å². The molecule has 5 heteroatoms. The molecule has 2 aromatic rings. The first-order valence-corrected chi connectivity index (χ1v) is 11.0. The first-order chi connectivity index (χ1) is 15.2. The normalized spacial score (nSPS) is 27.2. The van der Waals surface area contributed by atoms with Gasteiger partial charge in [0.05, 0.1) is 32.0 Å². The number of carbonyl (C=O) groups is 1. The van der Waals surface area contributed by atoms with Crippen LogP contribution in [0, 0.1) is 0 Å². The van der Waals surface area contributed by atoms with Crippen LogP contribution in [0.2, 0.25) is 0 Å². The number of hydrogen-bond acceptors (Lipinski definition) is 5. The summed E-state index contributed by atoms with van der Waals surface area (Å²) < 4.78 is 24.8. The van der Waals surface area contributed by atoms with Crippen LogP contribution in [0.3, 0.4) is 0 Å². The highest BCUT2D eigenvalue weighted by Gasteiger charge is 2.51. The van der Waals surface area contributed by atoms with Gasteiger partial charge in [0.25, 0.3) is 0 Å². The predicted octanol–water partition coefficient (Wildman–Crippen LogP) is 4.25. The molecule has 2 aromatic carbocycles. The van der Waals surface area contributed by atoms with Crippen LogP contribution in [-0.2, 0) is 37.0 Å². The molecular weight excluding hydrogens is 392 g/mol. The van der Waals surface area contributed by atoms with Crippen LogP contribution in [0.15, 0.2) is 73.3 Å². The van der Waals surface area contributed by atoms with Gasteiger partial charge in [-0.05, 0) is 23.6 Å². The fourth-order valence-electron chi connectivity index (χ4n) is 4.26. The Kier molecular flexibility index (Phi) is 7.65. The molecule has 0 radical (unpaired) electrons. The summed E-state index contributed by atoms with van der Waals surface area (Å²) in [6.07, 6.45) is 2.72. The summed E-state index contributed by atoms with van der Waals surface area (Å²) in [7, 11) is 0. The number of hydrogen-bond donors (Lipinski definition) is 0. The topological polar surface area (TPSA) is 54.0 Å². The summed E-state index contributed by atoms with van der Waals surface area (Å²) in [6, 6.07) is 20.2. The molecule has 2 saturated heterocycles. The van der Waals surface area contributed by atoms with Crippen molar-refractivity contribution in [1.82, 2.24) is 0 Å². The van der Waals surface area contributed by atoms with Crippen molar-refractivity contribution in [2.45, 2.75) is 63.0 Å². The Bertz CT molecular complexity index is 837. The van der Waals surface area contributed by atoms with Crippen LogP contribution < -0.4 is 0 Å². The predicted molar refractivity (Wildman–Crippen MR) is 117 cm³/mol. The number of ketones is 1. The second kappa shape index (κ2) is 10.8. The van der Waals surface area contributed by atoms with Crippen molar-refractivity contribution in [3.05, 3.63) is 84.4 Å². The Balaban J connectivity index is 1.35. The van der Waals surface area contributed by atoms with E-state index in [1.807, 2.05) is 60.7 Å². The van der Waals surface area contributed by atoms with Gasteiger partial charge in [0.1, 0.15) is 18.3 Å². The minimum absolute atomic E-state index is 0.00733. The van der Waals surface area contributed by atoms with Crippen LogP contribution in [0.5, 0.6) is 0 Å². The molecular formula is C26H30O5. The van der Waals surface area contributed by atoms with E-state index in [1.54, 1.807) is 0 Å². The molecule has 2 aliphatic heterocycles. The third-order valence-corrected chi connectivity index (χ3v) is 5.87. The van der Waals surface area contributed by atoms with Crippen LogP contribution in [0.1, 0.15) is 30.4 Å². The number of ether oxygens (including phenoxy) is 4. The maximum absolute atomic E-state index is 11.6. The Labute approximate surface area is 184 Å². The lowest BCUT2D eigenvalue weighted by molar-refractivity contribution is -0.116. The minimum atomic E-state index is -0.207. The molecule has 5 atom stereocenters. The zero-order valence-corrected chi connectivity index (χ0v) is 17.7. The van der Waals surface area contributed by atoms with Gasteiger partial charge in [0, 0.05) is 12.8 Å². The summed E-state index contributed by atoms with van der Waals surface area (Å²) in [5.41, 5.74) is 2.24. The smallest absolute Gasteiger partial charge is 0.155 e. The standard InChI is InChI=1S/C26H30O5/c1-2-21(27)13-14-22-15-23-26(30-22)25(29-17-20-11-7-4-8-12-20)24(31-23)18-28-16-19-9-5-3-6-10-19/h2-12,22-26H,1,13-18H2/t22-,23-,24+,25+,26+/m0/s1. The highest BCUT2D eigenvalue weighted by Crippen LogP contribution is 2.38. The lowest BCUT2D eigenvalue weighted by Crippen LogP contribution is -2.37. The molecule has 0 amide bonds. The van der Waals surface area contributed by atoms with E-state index in [4.69, 9.17) is 18.9 Å². The van der Waals surface area contributed by atoms with Gasteiger partial charge in [-0.3, -0.25) is 4.79 Å². The summed E-state index contributed by atoms with van der Waals surface area (Å²) in [5, 5.41) is 0. The summed E-state index contributed by atoms with van der Waals surface area (Å²) in [5.74, 6) is 0.0469. The quantitative estimate of drug-likeness (QED) is 0.507. The van der Waals surface area contributed by atoms with E-state index in [2.05, 4.69) is 6.58 Å². The van der Waals surface area contributed by atoms with Gasteiger partial charge in [-0.1, -0.05) is 67.2 Å². The van der Waals surface area contributed by atoms with Crippen molar-refractivity contribution in [3.8, 4) is 0 Å². The summed E-state index contributed by atoms with van der Waals surface area (Å²) >= 11 is 0. The largest absolute Gasteiger partial charge is 0.374 e. The molecule has 0 aromatic heterocycles. The Morgan fingerprint density at radius 3 is 2.35 bits per heavy atom. The van der Waals surface area contributed by atoms with Gasteiger partial charge in [0.2, 0.25) is 0 Å². The molecule has 31 heavy (non-hydrogen) atoms. The van der Waals surface area contributed by atoms with E-state index in [1.165, 1.54) is 6.08 Å². The second-order valence-electron chi connectivity index (χ2n) is 8.14. The zero-order chi connectivity index (χ0) is 21.5. The number of rotatable bonds is 11. The monoisotopic (exact) mass is 422 g/mol. The van der Waals surface area contributed by atoms with E-state index in [0.29, 0.717) is 32.7 Å². The second-order valence-corrected chi connectivity index (χ2v) is 8.14. The fraction of sp³-hybridized carbons (Fsp3) is 0.423. The van der Waals surface area contributed by atoms with Crippen molar-refractivity contribution in [2.75, 3.05) is 6.61 Å². The third kappa shape index (κ3) is 5.89. The van der Waals surface area contributed by atoms with E-state index in [0.717, 1.165) is 17.5 Å². The first kappa shape index (κ1) is 21.9. The first-order valence-electron chi connectivity index (χ1n) is 11.0. The Hall–Kier alpha value is -2.31. The maximum Gasteiger partial charge on any atom is 0.155 e. The maximum atomic E-state index is 11.6. The Morgan fingerprint density at radius 2 is 1.68 bits per heavy atom. The Morgan fingerprint density at radius 1 is 1.00 bits per heavy atom. The molecule has 2 aliphatic rings. The fourth-order valence-corrected chi connectivity index (χ4v) is 4.26. The van der Waals surface area contributed by atoms with Crippen molar-refractivity contribution in [1.29, 1.82) is 0 Å². The lowest BCUT2D eigenvalue weighted by atomic mass is 10.0. The molecule has 0 aliphatic carbocycles. The average molecular weight is 423 g/mol. The van der Waals surface area contributed by atoms with Crippen LogP contribution in [-0.4, -0.2) is 42.9 Å². The number of benzene rings is 2. The van der Waals surface area contributed by atoms with Gasteiger partial charge >= 0.3 is 0 Å². The molecule has 0 saturated carbocycles. The van der Waals surface area contributed by atoms with Crippen molar-refractivity contribution < 1.29 is 23.7 Å².